The van der Waals surface area contributed by atoms with Gasteiger partial charge in [-0.05, 0) is 18.2 Å². The molecule has 1 heterocycles. The number of hydrogen-bond acceptors (Lipinski definition) is 12. The number of anilines is 3. The Morgan fingerprint density at radius 1 is 1.35 bits per heavy atom. The maximum atomic E-state index is 11.6. The zero-order valence-electron chi connectivity index (χ0n) is 12.9. The zero-order chi connectivity index (χ0) is 19.2. The highest BCUT2D eigenvalue weighted by molar-refractivity contribution is 7.94. The molecule has 0 aliphatic heterocycles. The van der Waals surface area contributed by atoms with Crippen LogP contribution in [0, 0.1) is 0 Å². The molecular weight excluding hydrogens is 392 g/mol. The summed E-state index contributed by atoms with van der Waals surface area (Å²) in [4.78, 5) is 21.3. The van der Waals surface area contributed by atoms with Gasteiger partial charge in [0.2, 0.25) is 11.9 Å². The van der Waals surface area contributed by atoms with Crippen LogP contribution in [0.2, 0.25) is 0 Å². The van der Waals surface area contributed by atoms with Crippen LogP contribution in [0.1, 0.15) is 0 Å². The van der Waals surface area contributed by atoms with Gasteiger partial charge in [0, 0.05) is 13.1 Å². The second-order valence-electron chi connectivity index (χ2n) is 4.53. The van der Waals surface area contributed by atoms with Gasteiger partial charge in [-0.2, -0.15) is 18.4 Å². The Morgan fingerprint density at radius 2 is 2.12 bits per heavy atom. The maximum Gasteiger partial charge on any atom is 0.351 e. The fourth-order valence-electron chi connectivity index (χ4n) is 1.73. The number of nitrogens with two attached hydrogens (primary N) is 1. The fraction of sp³-hybridized carbons (Fsp3) is 0.182. The highest BCUT2D eigenvalue weighted by Crippen LogP contribution is 2.31. The minimum absolute atomic E-state index is 0.00298. The molecule has 0 atom stereocenters. The molecule has 0 aliphatic rings. The third-order valence-electron chi connectivity index (χ3n) is 2.73. The molecule has 0 unspecified atom stereocenters. The second-order valence-corrected chi connectivity index (χ2v) is 6.69. The van der Waals surface area contributed by atoms with E-state index in [1.54, 1.807) is 0 Å². The number of benzene rings is 1. The lowest BCUT2D eigenvalue weighted by atomic mass is 10.3. The zero-order valence-corrected chi connectivity index (χ0v) is 14.5. The summed E-state index contributed by atoms with van der Waals surface area (Å²) in [5.41, 5.74) is 4.70. The molecule has 0 fully saturated rings. The van der Waals surface area contributed by atoms with E-state index in [2.05, 4.69) is 35.0 Å². The number of rotatable bonds is 9. The van der Waals surface area contributed by atoms with E-state index in [0.717, 1.165) is 12.1 Å². The largest absolute Gasteiger partial charge is 0.353 e. The van der Waals surface area contributed by atoms with Gasteiger partial charge in [0.15, 0.2) is 0 Å². The van der Waals surface area contributed by atoms with Crippen LogP contribution < -0.4 is 22.1 Å². The van der Waals surface area contributed by atoms with Gasteiger partial charge >= 0.3 is 5.69 Å². The van der Waals surface area contributed by atoms with E-state index in [1.165, 1.54) is 6.07 Å². The Bertz CT molecular complexity index is 919. The number of nitrogens with zero attached hydrogens (tertiary/aromatic N) is 2. The molecular formula is C11H14N6O7S2. The van der Waals surface area contributed by atoms with Gasteiger partial charge in [-0.3, -0.25) is 9.54 Å². The van der Waals surface area contributed by atoms with E-state index in [9.17, 15) is 13.2 Å². The topological polar surface area (TPSA) is 202 Å². The van der Waals surface area contributed by atoms with E-state index in [-0.39, 0.29) is 29.0 Å². The molecule has 2 rings (SSSR count). The first-order chi connectivity index (χ1) is 12.3. The molecule has 142 valence electrons. The van der Waals surface area contributed by atoms with Crippen molar-refractivity contribution >= 4 is 39.7 Å². The number of nitrogens with one attached hydrogen (secondary N) is 3. The first kappa shape index (κ1) is 20.0. The molecule has 0 saturated carbocycles. The molecule has 0 amide bonds. The van der Waals surface area contributed by atoms with Crippen molar-refractivity contribution in [3.8, 4) is 0 Å². The molecule has 0 saturated heterocycles. The lowest BCUT2D eigenvalue weighted by Gasteiger charge is -2.11. The van der Waals surface area contributed by atoms with Crippen LogP contribution in [0.5, 0.6) is 0 Å². The van der Waals surface area contributed by atoms with Crippen molar-refractivity contribution in [2.24, 2.45) is 5.73 Å². The smallest absolute Gasteiger partial charge is 0.351 e. The normalized spacial score (nSPS) is 11.3. The van der Waals surface area contributed by atoms with Crippen LogP contribution in [-0.2, 0) is 19.5 Å². The molecule has 13 nitrogen and oxygen atoms in total. The van der Waals surface area contributed by atoms with Gasteiger partial charge in [-0.15, -0.1) is 4.33 Å². The minimum Gasteiger partial charge on any atom is -0.353 e. The molecule has 26 heavy (non-hydrogen) atoms. The van der Waals surface area contributed by atoms with E-state index >= 15 is 0 Å². The Labute approximate surface area is 150 Å². The molecule has 7 N–H and O–H groups in total. The van der Waals surface area contributed by atoms with Crippen LogP contribution >= 0.6 is 12.0 Å². The molecule has 2 aromatic rings. The standard InChI is InChI=1S/C11H14N6O7S2/c12-3-4-13-9-15-10(17-11(18)16-9)14-7-5-6(26(20,21)22)1-2-8(7)25-24-23-19/h1-2,5,19H,3-4,12H2,(H,20,21,22)(H3,13,14,15,16,17,18). The quantitative estimate of drug-likeness (QED) is 0.140. The predicted molar refractivity (Wildman–Crippen MR) is 90.4 cm³/mol. The average molecular weight is 406 g/mol. The molecule has 15 heteroatoms. The Morgan fingerprint density at radius 3 is 2.77 bits per heavy atom. The van der Waals surface area contributed by atoms with Crippen LogP contribution in [-0.4, -0.2) is 46.3 Å². The molecule has 1 aromatic heterocycles. The van der Waals surface area contributed by atoms with Crippen LogP contribution in [0.25, 0.3) is 0 Å². The van der Waals surface area contributed by atoms with Crippen molar-refractivity contribution in [3.05, 3.63) is 28.7 Å². The third-order valence-corrected chi connectivity index (χ3v) is 4.25. The van der Waals surface area contributed by atoms with Gasteiger partial charge in [-0.25, -0.2) is 10.1 Å². The van der Waals surface area contributed by atoms with Crippen molar-refractivity contribution in [2.45, 2.75) is 9.79 Å². The second kappa shape index (κ2) is 8.90. The van der Waals surface area contributed by atoms with Crippen molar-refractivity contribution < 1.29 is 27.6 Å². The summed E-state index contributed by atoms with van der Waals surface area (Å²) in [7, 11) is -4.48. The fourth-order valence-corrected chi connectivity index (χ4v) is 2.66. The SMILES string of the molecule is NCCNc1nc(Nc2cc(S(=O)(=O)O)ccc2SOOO)[nH]c(=O)n1. The Balaban J connectivity index is 2.39. The Hall–Kier alpha value is -2.27. The van der Waals surface area contributed by atoms with Crippen molar-refractivity contribution in [1.29, 1.82) is 0 Å². The lowest BCUT2D eigenvalue weighted by molar-refractivity contribution is -0.432. The van der Waals surface area contributed by atoms with E-state index in [0.29, 0.717) is 18.6 Å². The van der Waals surface area contributed by atoms with E-state index in [4.69, 9.17) is 15.5 Å². The van der Waals surface area contributed by atoms with Crippen LogP contribution in [0.3, 0.4) is 0 Å². The summed E-state index contributed by atoms with van der Waals surface area (Å²) in [6.07, 6.45) is 0. The van der Waals surface area contributed by atoms with Gasteiger partial charge in [-0.1, -0.05) is 5.04 Å². The lowest BCUT2D eigenvalue weighted by Crippen LogP contribution is -2.21. The van der Waals surface area contributed by atoms with Gasteiger partial charge in [0.25, 0.3) is 10.1 Å². The maximum absolute atomic E-state index is 11.6. The van der Waals surface area contributed by atoms with E-state index < -0.39 is 20.7 Å². The summed E-state index contributed by atoms with van der Waals surface area (Å²) in [5, 5.41) is 17.1. The monoisotopic (exact) mass is 406 g/mol. The Kier molecular flexibility index (Phi) is 6.86. The summed E-state index contributed by atoms with van der Waals surface area (Å²) in [5.74, 6) is -0.0828. The third kappa shape index (κ3) is 5.63. The highest BCUT2D eigenvalue weighted by Gasteiger charge is 2.15. The van der Waals surface area contributed by atoms with Crippen molar-refractivity contribution in [1.82, 2.24) is 15.0 Å². The average Bonchev–Trinajstić information content (AvgIpc) is 2.57. The van der Waals surface area contributed by atoms with Gasteiger partial charge < -0.3 is 16.4 Å². The molecule has 0 aliphatic carbocycles. The molecule has 0 bridgehead atoms. The van der Waals surface area contributed by atoms with Gasteiger partial charge in [0.05, 0.1) is 27.5 Å². The number of aromatic amines is 1. The summed E-state index contributed by atoms with van der Waals surface area (Å²) >= 11 is 0.529. The number of hydrogen-bond donors (Lipinski definition) is 6. The first-order valence-electron chi connectivity index (χ1n) is 6.79. The summed E-state index contributed by atoms with van der Waals surface area (Å²) < 4.78 is 36.1. The number of aromatic nitrogens is 3. The highest BCUT2D eigenvalue weighted by atomic mass is 32.2. The van der Waals surface area contributed by atoms with Gasteiger partial charge in [0.1, 0.15) is 0 Å². The van der Waals surface area contributed by atoms with Crippen molar-refractivity contribution in [3.63, 3.8) is 0 Å². The molecule has 1 aromatic carbocycles. The minimum atomic E-state index is -4.48. The van der Waals surface area contributed by atoms with Crippen LogP contribution in [0.4, 0.5) is 17.6 Å². The molecule has 0 radical (unpaired) electrons. The first-order valence-corrected chi connectivity index (χ1v) is 8.97. The predicted octanol–water partition coefficient (Wildman–Crippen LogP) is -0.0459. The van der Waals surface area contributed by atoms with Crippen molar-refractivity contribution in [2.75, 3.05) is 23.7 Å². The van der Waals surface area contributed by atoms with E-state index in [1.807, 2.05) is 0 Å². The summed E-state index contributed by atoms with van der Waals surface area (Å²) in [6, 6.07) is 3.42. The molecule has 0 spiro atoms. The van der Waals surface area contributed by atoms with Crippen LogP contribution in [0.15, 0.2) is 32.8 Å². The summed E-state index contributed by atoms with van der Waals surface area (Å²) in [6.45, 7) is 0.610. The number of H-pyrrole nitrogens is 1.